The number of nitrogens with one attached hydrogen (secondary N) is 5. The number of carbonyl (C=O) groups excluding carboxylic acids is 2. The van der Waals surface area contributed by atoms with E-state index in [0.717, 1.165) is 12.0 Å². The minimum atomic E-state index is -0.152. The van der Waals surface area contributed by atoms with Crippen LogP contribution >= 0.6 is 0 Å². The van der Waals surface area contributed by atoms with E-state index in [4.69, 9.17) is 9.47 Å². The van der Waals surface area contributed by atoms with Crippen LogP contribution < -0.4 is 26.6 Å². The van der Waals surface area contributed by atoms with Gasteiger partial charge in [0.25, 0.3) is 11.8 Å². The van der Waals surface area contributed by atoms with E-state index in [2.05, 4.69) is 41.5 Å². The van der Waals surface area contributed by atoms with Crippen LogP contribution in [0.15, 0.2) is 109 Å². The molecule has 5 aromatic rings. The first kappa shape index (κ1) is 35.3. The molecule has 0 aliphatic heterocycles. The number of ether oxygens (including phenoxy) is 2. The summed E-state index contributed by atoms with van der Waals surface area (Å²) in [6, 6.07) is 32.6. The third kappa shape index (κ3) is 11.9. The molecule has 13 heteroatoms. The summed E-state index contributed by atoms with van der Waals surface area (Å²) in [5.74, 6) is 0.718. The summed E-state index contributed by atoms with van der Waals surface area (Å²) < 4.78 is 11.2. The second-order valence-corrected chi connectivity index (χ2v) is 10.9. The predicted octanol–water partition coefficient (Wildman–Crippen LogP) is 4.91. The lowest BCUT2D eigenvalue weighted by Gasteiger charge is -2.12. The topological polar surface area (TPSA) is 172 Å². The number of rotatable bonds is 19. The molecule has 0 saturated heterocycles. The van der Waals surface area contributed by atoms with E-state index in [-0.39, 0.29) is 29.5 Å². The summed E-state index contributed by atoms with van der Waals surface area (Å²) in [4.78, 5) is 38.2. The molecule has 5 rings (SSSR count). The zero-order valence-electron chi connectivity index (χ0n) is 27.5. The Labute approximate surface area is 290 Å². The molecule has 1 heterocycles. The number of phenolic OH excluding ortho intramolecular Hbond substituents is 1. The monoisotopic (exact) mass is 676 g/mol. The van der Waals surface area contributed by atoms with Gasteiger partial charge >= 0.3 is 0 Å². The van der Waals surface area contributed by atoms with Gasteiger partial charge in [0.05, 0.1) is 26.4 Å². The van der Waals surface area contributed by atoms with Gasteiger partial charge in [0.1, 0.15) is 5.75 Å². The normalized spacial score (nSPS) is 10.6. The van der Waals surface area contributed by atoms with Crippen molar-refractivity contribution in [3.63, 3.8) is 0 Å². The maximum atomic E-state index is 12.7. The second-order valence-electron chi connectivity index (χ2n) is 10.9. The molecule has 0 spiro atoms. The molecule has 0 aliphatic carbocycles. The molecular formula is C37H40N8O5. The maximum Gasteiger partial charge on any atom is 0.251 e. The van der Waals surface area contributed by atoms with Gasteiger partial charge in [-0.3, -0.25) is 9.59 Å². The van der Waals surface area contributed by atoms with Crippen molar-refractivity contribution in [1.29, 1.82) is 0 Å². The van der Waals surface area contributed by atoms with Crippen molar-refractivity contribution < 1.29 is 24.2 Å². The van der Waals surface area contributed by atoms with Crippen LogP contribution in [0.4, 0.5) is 29.2 Å². The van der Waals surface area contributed by atoms with Gasteiger partial charge in [0, 0.05) is 42.1 Å². The Morgan fingerprint density at radius 2 is 1.04 bits per heavy atom. The fraction of sp³-hybridized carbons (Fsp3) is 0.216. The first-order valence-corrected chi connectivity index (χ1v) is 16.3. The van der Waals surface area contributed by atoms with Crippen LogP contribution in [0, 0.1) is 0 Å². The Kier molecular flexibility index (Phi) is 13.5. The standard InChI is InChI=1S/C37H40N8O5/c46-32-17-15-31(16-18-32)42-37-44-35(40-22-24-50-26-25-49-23-21-39-33(47)28-9-5-2-6-10-28)43-36(45-37)41-30-13-11-29(12-14-30)34(48)38-20-19-27-7-3-1-4-8-27/h1-18,46H,19-26H2,(H,38,48)(H,39,47)(H3,40,41,42,43,44,45). The molecule has 0 atom stereocenters. The Morgan fingerprint density at radius 3 is 1.66 bits per heavy atom. The zero-order valence-corrected chi connectivity index (χ0v) is 27.5. The largest absolute Gasteiger partial charge is 0.508 e. The summed E-state index contributed by atoms with van der Waals surface area (Å²) in [6.45, 7) is 2.88. The van der Waals surface area contributed by atoms with Crippen molar-refractivity contribution in [1.82, 2.24) is 25.6 Å². The lowest BCUT2D eigenvalue weighted by molar-refractivity contribution is 0.0519. The molecule has 0 aliphatic rings. The van der Waals surface area contributed by atoms with Gasteiger partial charge in [-0.2, -0.15) is 15.0 Å². The average molecular weight is 677 g/mol. The van der Waals surface area contributed by atoms with Gasteiger partial charge in [0.15, 0.2) is 0 Å². The van der Waals surface area contributed by atoms with Crippen molar-refractivity contribution in [3.8, 4) is 5.75 Å². The minimum absolute atomic E-state index is 0.137. The van der Waals surface area contributed by atoms with Gasteiger partial charge in [-0.25, -0.2) is 0 Å². The lowest BCUT2D eigenvalue weighted by atomic mass is 10.1. The third-order valence-electron chi connectivity index (χ3n) is 7.17. The summed E-state index contributed by atoms with van der Waals surface area (Å²) >= 11 is 0. The number of aromatic hydroxyl groups is 1. The number of hydrogen-bond acceptors (Lipinski definition) is 11. The average Bonchev–Trinajstić information content (AvgIpc) is 3.14. The first-order valence-electron chi connectivity index (χ1n) is 16.3. The highest BCUT2D eigenvalue weighted by atomic mass is 16.5. The highest BCUT2D eigenvalue weighted by Crippen LogP contribution is 2.21. The molecule has 0 radical (unpaired) electrons. The van der Waals surface area contributed by atoms with E-state index in [1.54, 1.807) is 60.7 Å². The van der Waals surface area contributed by atoms with Gasteiger partial charge in [-0.1, -0.05) is 48.5 Å². The van der Waals surface area contributed by atoms with E-state index < -0.39 is 0 Å². The molecule has 13 nitrogen and oxygen atoms in total. The van der Waals surface area contributed by atoms with Crippen LogP contribution in [0.1, 0.15) is 26.3 Å². The number of anilines is 5. The molecule has 2 amide bonds. The molecule has 0 saturated carbocycles. The fourth-order valence-corrected chi connectivity index (χ4v) is 4.63. The quantitative estimate of drug-likeness (QED) is 0.0519. The number of aromatic nitrogens is 3. The minimum Gasteiger partial charge on any atom is -0.508 e. The van der Waals surface area contributed by atoms with Crippen LogP contribution in [0.25, 0.3) is 0 Å². The lowest BCUT2D eigenvalue weighted by Crippen LogP contribution is -2.27. The second kappa shape index (κ2) is 19.1. The molecule has 0 fully saturated rings. The van der Waals surface area contributed by atoms with Crippen LogP contribution in [0.3, 0.4) is 0 Å². The molecule has 0 unspecified atom stereocenters. The molecule has 0 bridgehead atoms. The van der Waals surface area contributed by atoms with Crippen molar-refractivity contribution >= 4 is 41.0 Å². The SMILES string of the molecule is O=C(NCCOCCOCCNc1nc(Nc2ccc(O)cc2)nc(Nc2ccc(C(=O)NCCc3ccccc3)cc2)n1)c1ccccc1. The Morgan fingerprint density at radius 1 is 0.540 bits per heavy atom. The molecule has 4 aromatic carbocycles. The van der Waals surface area contributed by atoms with E-state index in [1.807, 2.05) is 48.5 Å². The molecule has 258 valence electrons. The summed E-state index contributed by atoms with van der Waals surface area (Å²) in [5.41, 5.74) is 3.67. The maximum absolute atomic E-state index is 12.7. The number of benzene rings is 4. The summed E-state index contributed by atoms with van der Waals surface area (Å²) in [5, 5.41) is 24.9. The molecule has 1 aromatic heterocycles. The molecular weight excluding hydrogens is 636 g/mol. The summed E-state index contributed by atoms with van der Waals surface area (Å²) in [7, 11) is 0. The highest BCUT2D eigenvalue weighted by molar-refractivity contribution is 5.94. The predicted molar refractivity (Wildman–Crippen MR) is 192 cm³/mol. The number of carbonyl (C=O) groups is 2. The Balaban J connectivity index is 1.08. The van der Waals surface area contributed by atoms with Crippen LogP contribution in [0.2, 0.25) is 0 Å². The van der Waals surface area contributed by atoms with Gasteiger partial charge in [-0.05, 0) is 72.6 Å². The Bertz CT molecular complexity index is 1780. The van der Waals surface area contributed by atoms with Crippen molar-refractivity contribution in [2.24, 2.45) is 0 Å². The summed E-state index contributed by atoms with van der Waals surface area (Å²) in [6.07, 6.45) is 0.751. The van der Waals surface area contributed by atoms with Crippen LogP contribution in [-0.2, 0) is 15.9 Å². The van der Waals surface area contributed by atoms with E-state index in [9.17, 15) is 14.7 Å². The highest BCUT2D eigenvalue weighted by Gasteiger charge is 2.10. The number of amides is 2. The van der Waals surface area contributed by atoms with Crippen LogP contribution in [-0.4, -0.2) is 77.9 Å². The fourth-order valence-electron chi connectivity index (χ4n) is 4.63. The van der Waals surface area contributed by atoms with Crippen molar-refractivity contribution in [3.05, 3.63) is 126 Å². The van der Waals surface area contributed by atoms with Gasteiger partial charge in [0.2, 0.25) is 17.8 Å². The third-order valence-corrected chi connectivity index (χ3v) is 7.17. The number of phenols is 1. The van der Waals surface area contributed by atoms with Crippen molar-refractivity contribution in [2.75, 3.05) is 62.0 Å². The number of hydrogen-bond donors (Lipinski definition) is 6. The smallest absolute Gasteiger partial charge is 0.251 e. The van der Waals surface area contributed by atoms with Crippen molar-refractivity contribution in [2.45, 2.75) is 6.42 Å². The van der Waals surface area contributed by atoms with E-state index in [1.165, 1.54) is 0 Å². The van der Waals surface area contributed by atoms with E-state index in [0.29, 0.717) is 74.5 Å². The zero-order chi connectivity index (χ0) is 34.8. The van der Waals surface area contributed by atoms with Gasteiger partial charge in [-0.15, -0.1) is 0 Å². The Hall–Kier alpha value is -6.05. The molecule has 50 heavy (non-hydrogen) atoms. The molecule has 6 N–H and O–H groups in total. The van der Waals surface area contributed by atoms with Gasteiger partial charge < -0.3 is 41.2 Å². The van der Waals surface area contributed by atoms with E-state index >= 15 is 0 Å². The number of nitrogens with zero attached hydrogens (tertiary/aromatic N) is 3. The first-order chi connectivity index (χ1) is 24.5. The van der Waals surface area contributed by atoms with Crippen LogP contribution in [0.5, 0.6) is 5.75 Å².